The fourth-order valence-electron chi connectivity index (χ4n) is 10.5. The normalized spacial score (nSPS) is 12.1. The van der Waals surface area contributed by atoms with E-state index in [0.29, 0.717) is 0 Å². The molecule has 296 valence electrons. The first-order valence-corrected chi connectivity index (χ1v) is 21.9. The molecule has 0 saturated carbocycles. The molecule has 0 bridgehead atoms. The summed E-state index contributed by atoms with van der Waals surface area (Å²) in [5.41, 5.74) is 12.5. The van der Waals surface area contributed by atoms with Gasteiger partial charge in [-0.05, 0) is 116 Å². The lowest BCUT2D eigenvalue weighted by Crippen LogP contribution is -1.99. The van der Waals surface area contributed by atoms with Crippen molar-refractivity contribution in [3.63, 3.8) is 0 Å². The number of rotatable bonds is 4. The second-order valence-corrected chi connectivity index (χ2v) is 17.0. The molecule has 0 N–H and O–H groups in total. The topological polar surface area (TPSA) is 35.6 Å². The number of aromatic nitrogens is 4. The molecule has 64 heavy (non-hydrogen) atoms. The number of para-hydroxylation sites is 5. The van der Waals surface area contributed by atoms with Gasteiger partial charge in [0.25, 0.3) is 0 Å². The maximum absolute atomic E-state index is 5.50. The van der Waals surface area contributed by atoms with Gasteiger partial charge >= 0.3 is 0 Å². The van der Waals surface area contributed by atoms with Crippen molar-refractivity contribution < 1.29 is 0 Å². The third-order valence-corrected chi connectivity index (χ3v) is 13.4. The minimum atomic E-state index is 0.861. The first kappa shape index (κ1) is 35.0. The highest BCUT2D eigenvalue weighted by Gasteiger charge is 2.21. The molecule has 14 aromatic rings. The molecule has 11 aromatic carbocycles. The smallest absolute Gasteiger partial charge is 0.0980 e. The van der Waals surface area contributed by atoms with Gasteiger partial charge in [0.1, 0.15) is 0 Å². The van der Waals surface area contributed by atoms with Crippen molar-refractivity contribution in [2.24, 2.45) is 0 Å². The van der Waals surface area contributed by atoms with E-state index in [0.717, 1.165) is 66.7 Å². The van der Waals surface area contributed by atoms with Crippen LogP contribution in [0.2, 0.25) is 0 Å². The average Bonchev–Trinajstić information content (AvgIpc) is 3.87. The Kier molecular flexibility index (Phi) is 7.36. The van der Waals surface area contributed by atoms with Crippen LogP contribution in [0.25, 0.3) is 132 Å². The largest absolute Gasteiger partial charge is 0.309 e. The van der Waals surface area contributed by atoms with Crippen LogP contribution in [0.1, 0.15) is 0 Å². The van der Waals surface area contributed by atoms with Crippen molar-refractivity contribution in [1.29, 1.82) is 0 Å². The van der Waals surface area contributed by atoms with Crippen molar-refractivity contribution >= 4 is 97.7 Å². The van der Waals surface area contributed by atoms with Gasteiger partial charge in [0, 0.05) is 44.0 Å². The Labute approximate surface area is 367 Å². The van der Waals surface area contributed by atoms with Crippen LogP contribution in [0.4, 0.5) is 0 Å². The number of nitrogens with zero attached hydrogens (tertiary/aromatic N) is 4. The summed E-state index contributed by atoms with van der Waals surface area (Å²) in [6, 6.07) is 79.3. The Morgan fingerprint density at radius 2 is 0.781 bits per heavy atom. The van der Waals surface area contributed by atoms with E-state index in [1.165, 1.54) is 64.9 Å². The summed E-state index contributed by atoms with van der Waals surface area (Å²) in [5.74, 6) is 0. The summed E-state index contributed by atoms with van der Waals surface area (Å²) in [6.45, 7) is 0. The number of hydrogen-bond acceptors (Lipinski definition) is 2. The van der Waals surface area contributed by atoms with Crippen LogP contribution < -0.4 is 0 Å². The Balaban J connectivity index is 1.01. The van der Waals surface area contributed by atoms with Gasteiger partial charge in [-0.1, -0.05) is 146 Å². The lowest BCUT2D eigenvalue weighted by atomic mass is 9.95. The molecule has 0 atom stereocenters. The monoisotopic (exact) mass is 812 g/mol. The fourth-order valence-corrected chi connectivity index (χ4v) is 10.5. The highest BCUT2D eigenvalue weighted by Crippen LogP contribution is 2.42. The van der Waals surface area contributed by atoms with Crippen LogP contribution in [-0.2, 0) is 0 Å². The third-order valence-electron chi connectivity index (χ3n) is 13.4. The van der Waals surface area contributed by atoms with Crippen LogP contribution in [0.5, 0.6) is 0 Å². The van der Waals surface area contributed by atoms with Crippen molar-refractivity contribution in [3.8, 4) is 33.9 Å². The SMILES string of the molecule is c1ccc2c(-c3nc4ccccc4nc3-c3ccc4ccc5ccccc5c4c3)cc(-n3c4ccccc4c4cc5cc(-n6c7ccccc7c7ccccc76)ccc5cc43)cc2c1. The Hall–Kier alpha value is -8.60. The molecule has 4 nitrogen and oxygen atoms in total. The number of hydrogen-bond donors (Lipinski definition) is 0. The zero-order chi connectivity index (χ0) is 41.9. The van der Waals surface area contributed by atoms with Gasteiger partial charge in [-0.25, -0.2) is 9.97 Å². The van der Waals surface area contributed by atoms with Gasteiger partial charge in [-0.15, -0.1) is 0 Å². The molecule has 0 radical (unpaired) electrons. The van der Waals surface area contributed by atoms with Crippen LogP contribution in [-0.4, -0.2) is 19.1 Å². The molecule has 0 aliphatic rings. The fraction of sp³-hybridized carbons (Fsp3) is 0. The molecular weight excluding hydrogens is 777 g/mol. The summed E-state index contributed by atoms with van der Waals surface area (Å²) in [5, 5.41) is 14.5. The van der Waals surface area contributed by atoms with Gasteiger partial charge < -0.3 is 9.13 Å². The molecular formula is C60H36N4. The van der Waals surface area contributed by atoms with Gasteiger partial charge in [0.15, 0.2) is 0 Å². The molecule has 14 rings (SSSR count). The summed E-state index contributed by atoms with van der Waals surface area (Å²) >= 11 is 0. The number of benzene rings is 11. The lowest BCUT2D eigenvalue weighted by Gasteiger charge is -2.17. The second kappa shape index (κ2) is 13.4. The van der Waals surface area contributed by atoms with Crippen LogP contribution >= 0.6 is 0 Å². The standard InChI is InChI=1S/C60H36N4/c1-3-15-45-37(13-1)25-26-38-27-28-41(33-50(38)45)59-60(62-54-21-9-8-20-53(54)61-59)52-36-44(31-40-14-2-4-16-46(40)52)64-57-24-12-7-19-49(57)51-34-42-32-43(30-29-39(42)35-58(51)64)63-55-22-10-5-17-47(55)48-18-6-11-23-56(48)63/h1-36H. The van der Waals surface area contributed by atoms with Crippen molar-refractivity contribution in [1.82, 2.24) is 19.1 Å². The zero-order valence-corrected chi connectivity index (χ0v) is 34.6. The lowest BCUT2D eigenvalue weighted by molar-refractivity contribution is 1.18. The van der Waals surface area contributed by atoms with E-state index in [1.54, 1.807) is 0 Å². The predicted molar refractivity (Wildman–Crippen MR) is 269 cm³/mol. The van der Waals surface area contributed by atoms with E-state index >= 15 is 0 Å². The van der Waals surface area contributed by atoms with Gasteiger partial charge in [0.05, 0.1) is 44.5 Å². The molecule has 0 aliphatic heterocycles. The Morgan fingerprint density at radius 1 is 0.266 bits per heavy atom. The van der Waals surface area contributed by atoms with E-state index in [1.807, 2.05) is 12.1 Å². The quantitative estimate of drug-likeness (QED) is 0.166. The van der Waals surface area contributed by atoms with E-state index in [2.05, 4.69) is 215 Å². The summed E-state index contributed by atoms with van der Waals surface area (Å²) in [7, 11) is 0. The molecule has 4 heteroatoms. The molecule has 0 fully saturated rings. The van der Waals surface area contributed by atoms with Crippen LogP contribution in [0.3, 0.4) is 0 Å². The second-order valence-electron chi connectivity index (χ2n) is 17.0. The highest BCUT2D eigenvalue weighted by molar-refractivity contribution is 6.15. The van der Waals surface area contributed by atoms with Crippen molar-refractivity contribution in [2.45, 2.75) is 0 Å². The van der Waals surface area contributed by atoms with E-state index in [9.17, 15) is 0 Å². The molecule has 0 saturated heterocycles. The minimum absolute atomic E-state index is 0.861. The first-order chi connectivity index (χ1) is 31.7. The Morgan fingerprint density at radius 3 is 1.50 bits per heavy atom. The summed E-state index contributed by atoms with van der Waals surface area (Å²) in [4.78, 5) is 10.9. The van der Waals surface area contributed by atoms with Crippen LogP contribution in [0, 0.1) is 0 Å². The zero-order valence-electron chi connectivity index (χ0n) is 34.6. The molecule has 0 unspecified atom stereocenters. The van der Waals surface area contributed by atoms with E-state index in [4.69, 9.17) is 9.97 Å². The first-order valence-electron chi connectivity index (χ1n) is 21.9. The van der Waals surface area contributed by atoms with Gasteiger partial charge in [-0.2, -0.15) is 0 Å². The third kappa shape index (κ3) is 5.17. The maximum Gasteiger partial charge on any atom is 0.0980 e. The van der Waals surface area contributed by atoms with Crippen LogP contribution in [0.15, 0.2) is 218 Å². The average molecular weight is 813 g/mol. The molecule has 3 heterocycles. The summed E-state index contributed by atoms with van der Waals surface area (Å²) in [6.07, 6.45) is 0. The predicted octanol–water partition coefficient (Wildman–Crippen LogP) is 15.8. The van der Waals surface area contributed by atoms with Crippen molar-refractivity contribution in [3.05, 3.63) is 218 Å². The molecule has 0 spiro atoms. The minimum Gasteiger partial charge on any atom is -0.309 e. The van der Waals surface area contributed by atoms with E-state index in [-0.39, 0.29) is 0 Å². The van der Waals surface area contributed by atoms with Gasteiger partial charge in [0.2, 0.25) is 0 Å². The maximum atomic E-state index is 5.50. The van der Waals surface area contributed by atoms with Gasteiger partial charge in [-0.3, -0.25) is 0 Å². The molecule has 3 aromatic heterocycles. The van der Waals surface area contributed by atoms with Crippen molar-refractivity contribution in [2.75, 3.05) is 0 Å². The Bertz CT molecular complexity index is 4210. The number of fused-ring (bicyclic) bond motifs is 12. The molecule has 0 amide bonds. The molecule has 0 aliphatic carbocycles. The summed E-state index contributed by atoms with van der Waals surface area (Å²) < 4.78 is 4.84. The van der Waals surface area contributed by atoms with E-state index < -0.39 is 0 Å². The highest BCUT2D eigenvalue weighted by atomic mass is 15.0.